The van der Waals surface area contributed by atoms with Crippen LogP contribution in [0.5, 0.6) is 0 Å². The Bertz CT molecular complexity index is 998. The highest BCUT2D eigenvalue weighted by Gasteiger charge is 2.31. The molecule has 0 bridgehead atoms. The molecule has 7 heteroatoms. The minimum absolute atomic E-state index is 0.0601. The molecule has 1 saturated heterocycles. The van der Waals surface area contributed by atoms with Gasteiger partial charge in [0, 0.05) is 25.6 Å². The predicted molar refractivity (Wildman–Crippen MR) is 133 cm³/mol. The van der Waals surface area contributed by atoms with Gasteiger partial charge in [0.25, 0.3) is 0 Å². The second-order valence-corrected chi connectivity index (χ2v) is 10.4. The molecule has 4 rings (SSSR count). The number of halogens is 1. The lowest BCUT2D eigenvalue weighted by Crippen LogP contribution is -2.47. The first-order chi connectivity index (χ1) is 16.7. The van der Waals surface area contributed by atoms with E-state index < -0.39 is 29.9 Å². The summed E-state index contributed by atoms with van der Waals surface area (Å²) < 4.78 is 24.6. The summed E-state index contributed by atoms with van der Waals surface area (Å²) in [5.41, 5.74) is 3.88. The summed E-state index contributed by atoms with van der Waals surface area (Å²) in [5, 5.41) is 2.72. The molecule has 188 valence electrons. The maximum Gasteiger partial charge on any atom is 0.407 e. The number of carbonyl (C=O) groups is 2. The van der Waals surface area contributed by atoms with Crippen molar-refractivity contribution in [1.29, 1.82) is 0 Å². The maximum absolute atomic E-state index is 13.5. The third kappa shape index (κ3) is 6.40. The van der Waals surface area contributed by atoms with E-state index >= 15 is 0 Å². The summed E-state index contributed by atoms with van der Waals surface area (Å²) in [5.74, 6) is -0.554. The second-order valence-electron chi connectivity index (χ2n) is 10.4. The van der Waals surface area contributed by atoms with Gasteiger partial charge in [-0.15, -0.1) is 0 Å². The van der Waals surface area contributed by atoms with Crippen LogP contribution in [0.15, 0.2) is 48.5 Å². The third-order valence-corrected chi connectivity index (χ3v) is 6.58. The summed E-state index contributed by atoms with van der Waals surface area (Å²) >= 11 is 0. The predicted octanol–water partition coefficient (Wildman–Crippen LogP) is 5.06. The third-order valence-electron chi connectivity index (χ3n) is 6.58. The number of alkyl halides is 1. The number of nitrogens with zero attached hydrogens (tertiary/aromatic N) is 1. The lowest BCUT2D eigenvalue weighted by molar-refractivity contribution is -0.157. The van der Waals surface area contributed by atoms with Gasteiger partial charge < -0.3 is 19.7 Å². The van der Waals surface area contributed by atoms with Crippen molar-refractivity contribution in [1.82, 2.24) is 10.2 Å². The molecule has 2 aromatic rings. The SMILES string of the molecule is CC(C)(C)OC(=O)[C@H](CCN1CCC(F)CC1)NC(=O)OCC1c2ccccc2-c2ccccc21. The molecule has 0 spiro atoms. The molecular formula is C28H35FN2O4. The Morgan fingerprint density at radius 3 is 2.17 bits per heavy atom. The monoisotopic (exact) mass is 482 g/mol. The van der Waals surface area contributed by atoms with Crippen molar-refractivity contribution in [2.24, 2.45) is 0 Å². The van der Waals surface area contributed by atoms with Crippen LogP contribution in [0.4, 0.5) is 9.18 Å². The van der Waals surface area contributed by atoms with E-state index in [4.69, 9.17) is 9.47 Å². The van der Waals surface area contributed by atoms with Gasteiger partial charge in [-0.25, -0.2) is 14.0 Å². The summed E-state index contributed by atoms with van der Waals surface area (Å²) in [6.07, 6.45) is -0.0406. The minimum atomic E-state index is -0.840. The Labute approximate surface area is 206 Å². The Balaban J connectivity index is 1.39. The van der Waals surface area contributed by atoms with Crippen LogP contribution < -0.4 is 5.32 Å². The number of nitrogens with one attached hydrogen (secondary N) is 1. The molecule has 1 aliphatic carbocycles. The van der Waals surface area contributed by atoms with Crippen molar-refractivity contribution in [2.75, 3.05) is 26.2 Å². The maximum atomic E-state index is 13.5. The zero-order valence-electron chi connectivity index (χ0n) is 20.8. The van der Waals surface area contributed by atoms with E-state index in [1.165, 1.54) is 0 Å². The Kier molecular flexibility index (Phi) is 7.75. The first-order valence-corrected chi connectivity index (χ1v) is 12.4. The summed E-state index contributed by atoms with van der Waals surface area (Å²) in [4.78, 5) is 27.7. The normalized spacial score (nSPS) is 17.4. The fraction of sp³-hybridized carbons (Fsp3) is 0.500. The summed E-state index contributed by atoms with van der Waals surface area (Å²) in [6.45, 7) is 7.41. The van der Waals surface area contributed by atoms with Gasteiger partial charge in [0.05, 0.1) is 0 Å². The van der Waals surface area contributed by atoms with E-state index in [0.29, 0.717) is 38.9 Å². The van der Waals surface area contributed by atoms with E-state index in [1.54, 1.807) is 20.8 Å². The van der Waals surface area contributed by atoms with Crippen LogP contribution in [0.2, 0.25) is 0 Å². The number of alkyl carbamates (subject to hydrolysis) is 1. The molecule has 2 aliphatic rings. The van der Waals surface area contributed by atoms with Gasteiger partial charge in [-0.05, 0) is 62.3 Å². The lowest BCUT2D eigenvalue weighted by atomic mass is 9.98. The number of fused-ring (bicyclic) bond motifs is 3. The first-order valence-electron chi connectivity index (χ1n) is 12.4. The molecular weight excluding hydrogens is 447 g/mol. The van der Waals surface area contributed by atoms with Gasteiger partial charge in [-0.1, -0.05) is 48.5 Å². The highest BCUT2D eigenvalue weighted by atomic mass is 19.1. The van der Waals surface area contributed by atoms with E-state index in [2.05, 4.69) is 34.5 Å². The fourth-order valence-electron chi connectivity index (χ4n) is 4.84. The number of benzene rings is 2. The van der Waals surface area contributed by atoms with Gasteiger partial charge >= 0.3 is 12.1 Å². The molecule has 0 saturated carbocycles. The minimum Gasteiger partial charge on any atom is -0.458 e. The number of hydrogen-bond acceptors (Lipinski definition) is 5. The Morgan fingerprint density at radius 1 is 1.03 bits per heavy atom. The molecule has 1 atom stereocenters. The molecule has 1 N–H and O–H groups in total. The lowest BCUT2D eigenvalue weighted by Gasteiger charge is -2.30. The molecule has 1 fully saturated rings. The number of amides is 1. The molecule has 0 aromatic heterocycles. The summed E-state index contributed by atoms with van der Waals surface area (Å²) in [6, 6.07) is 15.4. The molecule has 0 radical (unpaired) electrons. The molecule has 1 amide bonds. The van der Waals surface area contributed by atoms with Crippen molar-refractivity contribution in [3.8, 4) is 11.1 Å². The van der Waals surface area contributed by atoms with Crippen molar-refractivity contribution < 1.29 is 23.5 Å². The zero-order chi connectivity index (χ0) is 25.0. The molecule has 1 heterocycles. The topological polar surface area (TPSA) is 67.9 Å². The van der Waals surface area contributed by atoms with Crippen LogP contribution in [-0.4, -0.2) is 61.0 Å². The van der Waals surface area contributed by atoms with Crippen LogP contribution in [0, 0.1) is 0 Å². The molecule has 6 nitrogen and oxygen atoms in total. The van der Waals surface area contributed by atoms with Gasteiger partial charge in [-0.3, -0.25) is 0 Å². The van der Waals surface area contributed by atoms with Crippen LogP contribution in [0.3, 0.4) is 0 Å². The zero-order valence-corrected chi connectivity index (χ0v) is 20.8. The van der Waals surface area contributed by atoms with Gasteiger partial charge in [-0.2, -0.15) is 0 Å². The molecule has 35 heavy (non-hydrogen) atoms. The number of hydrogen-bond donors (Lipinski definition) is 1. The van der Waals surface area contributed by atoms with Crippen molar-refractivity contribution >= 4 is 12.1 Å². The number of carbonyl (C=O) groups excluding carboxylic acids is 2. The largest absolute Gasteiger partial charge is 0.458 e. The average Bonchev–Trinajstić information content (AvgIpc) is 3.14. The van der Waals surface area contributed by atoms with Crippen LogP contribution >= 0.6 is 0 Å². The standard InChI is InChI=1S/C28H35FN2O4/c1-28(2,3)35-26(32)25(14-17-31-15-12-19(29)13-16-31)30-27(33)34-18-24-22-10-6-4-8-20(22)21-9-5-7-11-23(21)24/h4-11,19,24-25H,12-18H2,1-3H3,(H,30,33)/t25-/m0/s1. The van der Waals surface area contributed by atoms with Crippen LogP contribution in [0.1, 0.15) is 57.1 Å². The van der Waals surface area contributed by atoms with E-state index in [1.807, 2.05) is 24.3 Å². The molecule has 1 aliphatic heterocycles. The quantitative estimate of drug-likeness (QED) is 0.559. The van der Waals surface area contributed by atoms with Crippen molar-refractivity contribution in [3.63, 3.8) is 0 Å². The van der Waals surface area contributed by atoms with Crippen molar-refractivity contribution in [2.45, 2.75) is 63.8 Å². The first kappa shape index (κ1) is 25.2. The van der Waals surface area contributed by atoms with Crippen molar-refractivity contribution in [3.05, 3.63) is 59.7 Å². The number of esters is 1. The Hall–Kier alpha value is -2.93. The van der Waals surface area contributed by atoms with E-state index in [0.717, 1.165) is 22.3 Å². The van der Waals surface area contributed by atoms with Gasteiger partial charge in [0.2, 0.25) is 0 Å². The van der Waals surface area contributed by atoms with Gasteiger partial charge in [0.15, 0.2) is 0 Å². The second kappa shape index (κ2) is 10.8. The Morgan fingerprint density at radius 2 is 1.60 bits per heavy atom. The highest BCUT2D eigenvalue weighted by molar-refractivity contribution is 5.82. The van der Waals surface area contributed by atoms with E-state index in [9.17, 15) is 14.0 Å². The van der Waals surface area contributed by atoms with Gasteiger partial charge in [0.1, 0.15) is 24.4 Å². The molecule has 0 unspecified atom stereocenters. The van der Waals surface area contributed by atoms with Crippen LogP contribution in [0.25, 0.3) is 11.1 Å². The number of ether oxygens (including phenoxy) is 2. The fourth-order valence-corrected chi connectivity index (χ4v) is 4.84. The molecule has 2 aromatic carbocycles. The smallest absolute Gasteiger partial charge is 0.407 e. The number of rotatable bonds is 7. The average molecular weight is 483 g/mol. The summed E-state index contributed by atoms with van der Waals surface area (Å²) in [7, 11) is 0. The highest BCUT2D eigenvalue weighted by Crippen LogP contribution is 2.44. The number of piperidine rings is 1. The van der Waals surface area contributed by atoms with Crippen LogP contribution in [-0.2, 0) is 14.3 Å². The van der Waals surface area contributed by atoms with E-state index in [-0.39, 0.29) is 12.5 Å². The number of likely N-dealkylation sites (tertiary alicyclic amines) is 1.